The number of hydrogen-bond acceptors (Lipinski definition) is 2. The van der Waals surface area contributed by atoms with Gasteiger partial charge in [0.2, 0.25) is 0 Å². The van der Waals surface area contributed by atoms with Crippen molar-refractivity contribution < 1.29 is 0 Å². The van der Waals surface area contributed by atoms with Crippen molar-refractivity contribution in [3.63, 3.8) is 0 Å². The van der Waals surface area contributed by atoms with Crippen molar-refractivity contribution in [2.45, 2.75) is 45.4 Å². The molecule has 0 radical (unpaired) electrons. The molecule has 1 unspecified atom stereocenters. The Hall–Kier alpha value is -0.0800. The normalized spacial score (nSPS) is 22.7. The molecule has 0 heterocycles. The standard InChI is InChI=1S/C14H28N2/c1-2-11(9-15)7-8-16-10-14(12-3-4-12)13-5-6-13/h11-14,16H,2-10,15H2,1H3. The highest BCUT2D eigenvalue weighted by molar-refractivity contribution is 4.92. The summed E-state index contributed by atoms with van der Waals surface area (Å²) in [6.07, 6.45) is 8.50. The molecule has 16 heavy (non-hydrogen) atoms. The molecule has 2 aliphatic carbocycles. The van der Waals surface area contributed by atoms with Gasteiger partial charge in [0, 0.05) is 0 Å². The van der Waals surface area contributed by atoms with Gasteiger partial charge in [-0.05, 0) is 75.4 Å². The van der Waals surface area contributed by atoms with Crippen molar-refractivity contribution in [2.75, 3.05) is 19.6 Å². The first-order valence-corrected chi connectivity index (χ1v) is 7.26. The van der Waals surface area contributed by atoms with Crippen LogP contribution in [0.1, 0.15) is 45.4 Å². The Morgan fingerprint density at radius 2 is 1.81 bits per heavy atom. The predicted molar refractivity (Wildman–Crippen MR) is 69.3 cm³/mol. The zero-order valence-electron chi connectivity index (χ0n) is 10.8. The third kappa shape index (κ3) is 3.74. The fourth-order valence-electron chi connectivity index (χ4n) is 2.83. The molecule has 0 aromatic heterocycles. The van der Waals surface area contributed by atoms with Gasteiger partial charge < -0.3 is 11.1 Å². The second kappa shape index (κ2) is 6.02. The van der Waals surface area contributed by atoms with E-state index < -0.39 is 0 Å². The smallest absolute Gasteiger partial charge is 0.00152 e. The maximum Gasteiger partial charge on any atom is -0.00152 e. The van der Waals surface area contributed by atoms with Gasteiger partial charge in [0.05, 0.1) is 0 Å². The topological polar surface area (TPSA) is 38.0 Å². The molecule has 2 aliphatic rings. The van der Waals surface area contributed by atoms with Crippen molar-refractivity contribution in [3.05, 3.63) is 0 Å². The van der Waals surface area contributed by atoms with Crippen LogP contribution in [0.3, 0.4) is 0 Å². The Bertz CT molecular complexity index is 181. The van der Waals surface area contributed by atoms with Crippen molar-refractivity contribution in [1.82, 2.24) is 5.32 Å². The van der Waals surface area contributed by atoms with Crippen molar-refractivity contribution in [2.24, 2.45) is 29.4 Å². The first kappa shape index (κ1) is 12.4. The molecule has 2 nitrogen and oxygen atoms in total. The zero-order valence-corrected chi connectivity index (χ0v) is 10.8. The average Bonchev–Trinajstić information content (AvgIpc) is 3.17. The monoisotopic (exact) mass is 224 g/mol. The quantitative estimate of drug-likeness (QED) is 0.590. The molecule has 2 fully saturated rings. The van der Waals surface area contributed by atoms with E-state index >= 15 is 0 Å². The fraction of sp³-hybridized carbons (Fsp3) is 1.00. The van der Waals surface area contributed by atoms with Crippen molar-refractivity contribution in [3.8, 4) is 0 Å². The van der Waals surface area contributed by atoms with Crippen molar-refractivity contribution >= 4 is 0 Å². The summed E-state index contributed by atoms with van der Waals surface area (Å²) in [4.78, 5) is 0. The molecule has 0 aromatic rings. The Morgan fingerprint density at radius 1 is 1.19 bits per heavy atom. The van der Waals surface area contributed by atoms with E-state index in [9.17, 15) is 0 Å². The van der Waals surface area contributed by atoms with Gasteiger partial charge in [-0.25, -0.2) is 0 Å². The first-order valence-electron chi connectivity index (χ1n) is 7.26. The van der Waals surface area contributed by atoms with Gasteiger partial charge in [0.1, 0.15) is 0 Å². The minimum atomic E-state index is 0.729. The molecule has 2 rings (SSSR count). The van der Waals surface area contributed by atoms with Gasteiger partial charge >= 0.3 is 0 Å². The molecular weight excluding hydrogens is 196 g/mol. The molecule has 0 spiro atoms. The Balaban J connectivity index is 1.55. The van der Waals surface area contributed by atoms with Crippen LogP contribution >= 0.6 is 0 Å². The van der Waals surface area contributed by atoms with E-state index in [-0.39, 0.29) is 0 Å². The van der Waals surface area contributed by atoms with Gasteiger partial charge in [-0.2, -0.15) is 0 Å². The predicted octanol–water partition coefficient (Wildman–Crippen LogP) is 2.39. The molecule has 0 amide bonds. The number of nitrogens with one attached hydrogen (secondary N) is 1. The second-order valence-electron chi connectivity index (χ2n) is 5.84. The molecule has 0 aromatic carbocycles. The molecule has 0 bridgehead atoms. The zero-order chi connectivity index (χ0) is 11.4. The van der Waals surface area contributed by atoms with Crippen LogP contribution in [0.4, 0.5) is 0 Å². The lowest BCUT2D eigenvalue weighted by molar-refractivity contribution is 0.366. The summed E-state index contributed by atoms with van der Waals surface area (Å²) in [5.41, 5.74) is 5.71. The van der Waals surface area contributed by atoms with E-state index in [0.29, 0.717) is 0 Å². The van der Waals surface area contributed by atoms with Crippen LogP contribution in [0.2, 0.25) is 0 Å². The maximum atomic E-state index is 5.71. The van der Waals surface area contributed by atoms with Crippen LogP contribution in [-0.2, 0) is 0 Å². The van der Waals surface area contributed by atoms with Gasteiger partial charge in [0.25, 0.3) is 0 Å². The van der Waals surface area contributed by atoms with Crippen LogP contribution in [0.5, 0.6) is 0 Å². The minimum absolute atomic E-state index is 0.729. The SMILES string of the molecule is CCC(CN)CCNCC(C1CC1)C1CC1. The molecule has 2 heteroatoms. The third-order valence-corrected chi connectivity index (χ3v) is 4.48. The van der Waals surface area contributed by atoms with Gasteiger partial charge in [-0.15, -0.1) is 0 Å². The summed E-state index contributed by atoms with van der Waals surface area (Å²) in [6, 6.07) is 0. The number of hydrogen-bond donors (Lipinski definition) is 2. The van der Waals surface area contributed by atoms with Crippen LogP contribution < -0.4 is 11.1 Å². The van der Waals surface area contributed by atoms with E-state index in [4.69, 9.17) is 5.73 Å². The van der Waals surface area contributed by atoms with Gasteiger partial charge in [-0.3, -0.25) is 0 Å². The molecule has 2 saturated carbocycles. The third-order valence-electron chi connectivity index (χ3n) is 4.48. The van der Waals surface area contributed by atoms with E-state index in [1.54, 1.807) is 0 Å². The second-order valence-corrected chi connectivity index (χ2v) is 5.84. The lowest BCUT2D eigenvalue weighted by Gasteiger charge is -2.18. The summed E-state index contributed by atoms with van der Waals surface area (Å²) in [5.74, 6) is 3.90. The Morgan fingerprint density at radius 3 is 2.25 bits per heavy atom. The van der Waals surface area contributed by atoms with E-state index in [1.807, 2.05) is 0 Å². The van der Waals surface area contributed by atoms with Gasteiger partial charge in [0.15, 0.2) is 0 Å². The molecule has 1 atom stereocenters. The largest absolute Gasteiger partial charge is 0.330 e. The summed E-state index contributed by atoms with van der Waals surface area (Å²) in [6.45, 7) is 5.55. The van der Waals surface area contributed by atoms with Crippen molar-refractivity contribution in [1.29, 1.82) is 0 Å². The summed E-state index contributed by atoms with van der Waals surface area (Å²) >= 11 is 0. The number of rotatable bonds is 9. The van der Waals surface area contributed by atoms with E-state index in [2.05, 4.69) is 12.2 Å². The number of nitrogens with two attached hydrogens (primary N) is 1. The maximum absolute atomic E-state index is 5.71. The van der Waals surface area contributed by atoms with E-state index in [0.717, 1.165) is 30.2 Å². The molecule has 0 aliphatic heterocycles. The summed E-state index contributed by atoms with van der Waals surface area (Å²) < 4.78 is 0. The highest BCUT2D eigenvalue weighted by Gasteiger charge is 2.40. The molecule has 3 N–H and O–H groups in total. The average molecular weight is 224 g/mol. The highest BCUT2D eigenvalue weighted by atomic mass is 14.9. The fourth-order valence-corrected chi connectivity index (χ4v) is 2.83. The summed E-state index contributed by atoms with van der Waals surface area (Å²) in [5, 5.41) is 3.67. The Kier molecular flexibility index (Phi) is 4.66. The van der Waals surface area contributed by atoms with Crippen LogP contribution in [0.15, 0.2) is 0 Å². The lowest BCUT2D eigenvalue weighted by Crippen LogP contribution is -2.28. The van der Waals surface area contributed by atoms with Crippen LogP contribution in [0, 0.1) is 23.7 Å². The highest BCUT2D eigenvalue weighted by Crippen LogP contribution is 2.48. The lowest BCUT2D eigenvalue weighted by atomic mass is 9.97. The van der Waals surface area contributed by atoms with E-state index in [1.165, 1.54) is 51.6 Å². The molecule has 94 valence electrons. The van der Waals surface area contributed by atoms with Gasteiger partial charge in [-0.1, -0.05) is 13.3 Å². The summed E-state index contributed by atoms with van der Waals surface area (Å²) in [7, 11) is 0. The van der Waals surface area contributed by atoms with Crippen LogP contribution in [-0.4, -0.2) is 19.6 Å². The van der Waals surface area contributed by atoms with Crippen LogP contribution in [0.25, 0.3) is 0 Å². The Labute approximate surface area is 100 Å². The molecular formula is C14H28N2. The first-order chi connectivity index (χ1) is 7.85. The molecule has 0 saturated heterocycles. The minimum Gasteiger partial charge on any atom is -0.330 e.